The molecule has 1 aromatic rings. The molecule has 2 saturated heterocycles. The quantitative estimate of drug-likeness (QED) is 0.873. The van der Waals surface area contributed by atoms with Crippen LogP contribution in [0.4, 0.5) is 0 Å². The fourth-order valence-electron chi connectivity index (χ4n) is 2.45. The van der Waals surface area contributed by atoms with Crippen molar-refractivity contribution in [3.8, 4) is 0 Å². The summed E-state index contributed by atoms with van der Waals surface area (Å²) in [5.41, 5.74) is 1.07. The Bertz CT molecular complexity index is 396. The summed E-state index contributed by atoms with van der Waals surface area (Å²) in [7, 11) is 0. The smallest absolute Gasteiger partial charge is 0.147 e. The summed E-state index contributed by atoms with van der Waals surface area (Å²) in [6, 6.07) is 9.88. The zero-order valence-electron chi connectivity index (χ0n) is 10.6. The predicted octanol–water partition coefficient (Wildman–Crippen LogP) is 0.704. The van der Waals surface area contributed by atoms with Crippen molar-refractivity contribution in [1.29, 1.82) is 0 Å². The minimum absolute atomic E-state index is 0.155. The largest absolute Gasteiger partial charge is 0.388 e. The zero-order valence-corrected chi connectivity index (χ0v) is 10.6. The average molecular weight is 266 g/mol. The lowest BCUT2D eigenvalue weighted by molar-refractivity contribution is -0.284. The lowest BCUT2D eigenvalue weighted by atomic mass is 9.99. The molecule has 0 spiro atoms. The monoisotopic (exact) mass is 266 g/mol. The second-order valence-corrected chi connectivity index (χ2v) is 4.82. The first-order valence-corrected chi connectivity index (χ1v) is 6.49. The van der Waals surface area contributed by atoms with Crippen molar-refractivity contribution in [1.82, 2.24) is 0 Å². The van der Waals surface area contributed by atoms with Crippen LogP contribution in [0.15, 0.2) is 30.3 Å². The van der Waals surface area contributed by atoms with Crippen LogP contribution in [0.5, 0.6) is 0 Å². The van der Waals surface area contributed by atoms with E-state index in [-0.39, 0.29) is 31.7 Å². The molecule has 5 heteroatoms. The molecule has 3 rings (SSSR count). The van der Waals surface area contributed by atoms with Crippen molar-refractivity contribution >= 4 is 0 Å². The van der Waals surface area contributed by atoms with E-state index in [9.17, 15) is 5.11 Å². The first kappa shape index (κ1) is 13.0. The third-order valence-electron chi connectivity index (χ3n) is 3.46. The van der Waals surface area contributed by atoms with Gasteiger partial charge >= 0.3 is 0 Å². The van der Waals surface area contributed by atoms with E-state index in [1.54, 1.807) is 0 Å². The molecule has 0 amide bonds. The number of fused-ring (bicyclic) bond motifs is 1. The Hall–Kier alpha value is -0.980. The molecule has 104 valence electrons. The third-order valence-corrected chi connectivity index (χ3v) is 3.46. The highest BCUT2D eigenvalue weighted by Crippen LogP contribution is 2.25. The van der Waals surface area contributed by atoms with Gasteiger partial charge in [0.05, 0.1) is 19.8 Å². The van der Waals surface area contributed by atoms with Crippen LogP contribution in [-0.4, -0.2) is 49.5 Å². The molecule has 2 aliphatic rings. The van der Waals surface area contributed by atoms with E-state index in [0.717, 1.165) is 5.56 Å². The van der Waals surface area contributed by atoms with E-state index in [1.165, 1.54) is 0 Å². The fourth-order valence-corrected chi connectivity index (χ4v) is 2.45. The van der Waals surface area contributed by atoms with Crippen LogP contribution in [0.1, 0.15) is 5.56 Å². The first-order chi connectivity index (χ1) is 9.34. The number of rotatable bonds is 3. The lowest BCUT2D eigenvalue weighted by Crippen LogP contribution is -2.58. The third kappa shape index (κ3) is 2.96. The Balaban J connectivity index is 1.63. The van der Waals surface area contributed by atoms with Gasteiger partial charge in [0.25, 0.3) is 0 Å². The van der Waals surface area contributed by atoms with Crippen molar-refractivity contribution in [2.75, 3.05) is 20.0 Å². The van der Waals surface area contributed by atoms with Gasteiger partial charge in [0, 0.05) is 0 Å². The van der Waals surface area contributed by atoms with Crippen LogP contribution < -0.4 is 0 Å². The van der Waals surface area contributed by atoms with Gasteiger partial charge in [0.15, 0.2) is 0 Å². The molecule has 1 aromatic carbocycles. The van der Waals surface area contributed by atoms with Gasteiger partial charge in [-0.2, -0.15) is 0 Å². The molecule has 5 nitrogen and oxygen atoms in total. The predicted molar refractivity (Wildman–Crippen MR) is 66.5 cm³/mol. The Morgan fingerprint density at radius 3 is 2.84 bits per heavy atom. The van der Waals surface area contributed by atoms with Crippen LogP contribution in [0.25, 0.3) is 0 Å². The van der Waals surface area contributed by atoms with Crippen molar-refractivity contribution in [3.05, 3.63) is 35.9 Å². The minimum atomic E-state index is -0.664. The Morgan fingerprint density at radius 2 is 2.00 bits per heavy atom. The Labute approximate surface area is 112 Å². The van der Waals surface area contributed by atoms with Gasteiger partial charge in [0.1, 0.15) is 31.2 Å². The van der Waals surface area contributed by atoms with Crippen LogP contribution in [-0.2, 0) is 25.6 Å². The van der Waals surface area contributed by atoms with Gasteiger partial charge in [-0.1, -0.05) is 30.3 Å². The standard InChI is InChI=1S/C14H18O5/c15-11-7-17-12-8-16-9-19-14(12)13(11)18-6-10-4-2-1-3-5-10/h1-5,11-15H,6-9H2/t11-,12+,13+,14+/m0/s1. The van der Waals surface area contributed by atoms with Crippen LogP contribution in [0.3, 0.4) is 0 Å². The van der Waals surface area contributed by atoms with Crippen molar-refractivity contribution in [3.63, 3.8) is 0 Å². The molecule has 0 aliphatic carbocycles. The van der Waals surface area contributed by atoms with E-state index in [4.69, 9.17) is 18.9 Å². The van der Waals surface area contributed by atoms with E-state index < -0.39 is 6.10 Å². The average Bonchev–Trinajstić information content (AvgIpc) is 2.47. The first-order valence-electron chi connectivity index (χ1n) is 6.49. The van der Waals surface area contributed by atoms with E-state index >= 15 is 0 Å². The highest BCUT2D eigenvalue weighted by Gasteiger charge is 2.43. The number of hydrogen-bond donors (Lipinski definition) is 1. The van der Waals surface area contributed by atoms with Crippen LogP contribution >= 0.6 is 0 Å². The molecular formula is C14H18O5. The molecule has 0 aromatic heterocycles. The molecule has 0 radical (unpaired) electrons. The summed E-state index contributed by atoms with van der Waals surface area (Å²) in [6.07, 6.45) is -1.45. The number of aliphatic hydroxyl groups excluding tert-OH is 1. The Kier molecular flexibility index (Phi) is 4.10. The molecule has 0 unspecified atom stereocenters. The highest BCUT2D eigenvalue weighted by molar-refractivity contribution is 5.13. The molecule has 4 atom stereocenters. The highest BCUT2D eigenvalue weighted by atomic mass is 16.7. The summed E-state index contributed by atoms with van der Waals surface area (Å²) in [5.74, 6) is 0. The molecule has 0 bridgehead atoms. The SMILES string of the molecule is O[C@H]1CO[C@@H]2COCO[C@H]2[C@@H]1OCc1ccccc1. The molecule has 1 N–H and O–H groups in total. The number of ether oxygens (including phenoxy) is 4. The van der Waals surface area contributed by atoms with Crippen molar-refractivity contribution in [2.45, 2.75) is 31.0 Å². The van der Waals surface area contributed by atoms with Gasteiger partial charge in [-0.05, 0) is 5.56 Å². The van der Waals surface area contributed by atoms with Gasteiger partial charge < -0.3 is 24.1 Å². The number of hydrogen-bond acceptors (Lipinski definition) is 5. The van der Waals surface area contributed by atoms with Crippen LogP contribution in [0.2, 0.25) is 0 Å². The summed E-state index contributed by atoms with van der Waals surface area (Å²) >= 11 is 0. The summed E-state index contributed by atoms with van der Waals surface area (Å²) in [4.78, 5) is 0. The maximum Gasteiger partial charge on any atom is 0.147 e. The lowest BCUT2D eigenvalue weighted by Gasteiger charge is -2.42. The van der Waals surface area contributed by atoms with E-state index in [1.807, 2.05) is 30.3 Å². The molecule has 19 heavy (non-hydrogen) atoms. The fraction of sp³-hybridized carbons (Fsp3) is 0.571. The second kappa shape index (κ2) is 5.98. The van der Waals surface area contributed by atoms with Crippen molar-refractivity contribution < 1.29 is 24.1 Å². The zero-order chi connectivity index (χ0) is 13.1. The Morgan fingerprint density at radius 1 is 1.16 bits per heavy atom. The number of aliphatic hydroxyl groups is 1. The minimum Gasteiger partial charge on any atom is -0.388 e. The topological polar surface area (TPSA) is 57.2 Å². The molecular weight excluding hydrogens is 248 g/mol. The molecule has 2 heterocycles. The number of benzene rings is 1. The van der Waals surface area contributed by atoms with Crippen LogP contribution in [0, 0.1) is 0 Å². The molecule has 0 saturated carbocycles. The molecule has 2 fully saturated rings. The van der Waals surface area contributed by atoms with Gasteiger partial charge in [-0.25, -0.2) is 0 Å². The van der Waals surface area contributed by atoms with Gasteiger partial charge in [-0.15, -0.1) is 0 Å². The summed E-state index contributed by atoms with van der Waals surface area (Å²) < 4.78 is 22.1. The summed E-state index contributed by atoms with van der Waals surface area (Å²) in [5, 5.41) is 10.0. The second-order valence-electron chi connectivity index (χ2n) is 4.82. The maximum absolute atomic E-state index is 10.0. The maximum atomic E-state index is 10.0. The normalized spacial score (nSPS) is 34.8. The van der Waals surface area contributed by atoms with Gasteiger partial charge in [-0.3, -0.25) is 0 Å². The summed E-state index contributed by atoms with van der Waals surface area (Å²) in [6.45, 7) is 1.42. The van der Waals surface area contributed by atoms with Gasteiger partial charge in [0.2, 0.25) is 0 Å². The van der Waals surface area contributed by atoms with Crippen molar-refractivity contribution in [2.24, 2.45) is 0 Å². The molecule has 2 aliphatic heterocycles. The van der Waals surface area contributed by atoms with E-state index in [2.05, 4.69) is 0 Å². The van der Waals surface area contributed by atoms with E-state index in [0.29, 0.717) is 13.2 Å².